The van der Waals surface area contributed by atoms with E-state index in [2.05, 4.69) is 72.8 Å². The summed E-state index contributed by atoms with van der Waals surface area (Å²) in [7, 11) is 0. The number of benzene rings is 2. The van der Waals surface area contributed by atoms with Gasteiger partial charge in [0.25, 0.3) is 0 Å². The standard InChI is InChI=1S/C18H21N3/c1-14(2)21-11-10-17(20-21)13-19-12-16-8-5-7-15-6-3-4-9-18(15)16/h3-11,14,19H,12-13H2,1-2H3. The number of hydrogen-bond acceptors (Lipinski definition) is 2. The molecule has 1 heterocycles. The third-order valence-corrected chi connectivity index (χ3v) is 3.69. The first-order valence-corrected chi connectivity index (χ1v) is 7.45. The van der Waals surface area contributed by atoms with Gasteiger partial charge in [0.1, 0.15) is 0 Å². The van der Waals surface area contributed by atoms with E-state index in [1.807, 2.05) is 10.9 Å². The summed E-state index contributed by atoms with van der Waals surface area (Å²) >= 11 is 0. The SMILES string of the molecule is CC(C)n1ccc(CNCc2cccc3ccccc23)n1. The summed E-state index contributed by atoms with van der Waals surface area (Å²) in [6.45, 7) is 5.93. The maximum atomic E-state index is 4.56. The second-order valence-electron chi connectivity index (χ2n) is 5.62. The van der Waals surface area contributed by atoms with Gasteiger partial charge >= 0.3 is 0 Å². The molecule has 0 saturated heterocycles. The Hall–Kier alpha value is -2.13. The molecule has 0 atom stereocenters. The molecule has 3 rings (SSSR count). The molecule has 3 aromatic rings. The van der Waals surface area contributed by atoms with E-state index in [1.165, 1.54) is 16.3 Å². The van der Waals surface area contributed by atoms with Gasteiger partial charge in [0.2, 0.25) is 0 Å². The highest BCUT2D eigenvalue weighted by atomic mass is 15.3. The van der Waals surface area contributed by atoms with Gasteiger partial charge < -0.3 is 5.32 Å². The van der Waals surface area contributed by atoms with E-state index < -0.39 is 0 Å². The molecule has 3 nitrogen and oxygen atoms in total. The van der Waals surface area contributed by atoms with Crippen molar-refractivity contribution in [2.45, 2.75) is 33.0 Å². The van der Waals surface area contributed by atoms with Crippen molar-refractivity contribution in [3.05, 3.63) is 66.0 Å². The fourth-order valence-electron chi connectivity index (χ4n) is 2.53. The molecular weight excluding hydrogens is 258 g/mol. The highest BCUT2D eigenvalue weighted by Gasteiger charge is 2.03. The van der Waals surface area contributed by atoms with Crippen LogP contribution in [0.2, 0.25) is 0 Å². The molecule has 1 aromatic heterocycles. The molecule has 0 amide bonds. The fourth-order valence-corrected chi connectivity index (χ4v) is 2.53. The molecule has 0 fully saturated rings. The van der Waals surface area contributed by atoms with Crippen LogP contribution in [0.5, 0.6) is 0 Å². The monoisotopic (exact) mass is 279 g/mol. The Bertz CT molecular complexity index is 723. The minimum Gasteiger partial charge on any atom is -0.307 e. The number of nitrogens with one attached hydrogen (secondary N) is 1. The summed E-state index contributed by atoms with van der Waals surface area (Å²) in [6.07, 6.45) is 2.04. The van der Waals surface area contributed by atoms with Crippen molar-refractivity contribution >= 4 is 10.8 Å². The van der Waals surface area contributed by atoms with Gasteiger partial charge in [-0.15, -0.1) is 0 Å². The van der Waals surface area contributed by atoms with E-state index in [0.29, 0.717) is 6.04 Å². The highest BCUT2D eigenvalue weighted by Crippen LogP contribution is 2.18. The summed E-state index contributed by atoms with van der Waals surface area (Å²) in [4.78, 5) is 0. The van der Waals surface area contributed by atoms with E-state index in [0.717, 1.165) is 18.8 Å². The Morgan fingerprint density at radius 3 is 2.62 bits per heavy atom. The average molecular weight is 279 g/mol. The molecule has 0 aliphatic heterocycles. The maximum Gasteiger partial charge on any atom is 0.0762 e. The summed E-state index contributed by atoms with van der Waals surface area (Å²) in [5.74, 6) is 0. The van der Waals surface area contributed by atoms with Crippen LogP contribution in [-0.4, -0.2) is 9.78 Å². The summed E-state index contributed by atoms with van der Waals surface area (Å²) in [5.41, 5.74) is 2.42. The van der Waals surface area contributed by atoms with Crippen LogP contribution < -0.4 is 5.32 Å². The quantitative estimate of drug-likeness (QED) is 0.767. The molecule has 3 heteroatoms. The van der Waals surface area contributed by atoms with Crippen LogP contribution in [0.15, 0.2) is 54.7 Å². The summed E-state index contributed by atoms with van der Waals surface area (Å²) in [5, 5.41) is 10.7. The minimum atomic E-state index is 0.414. The van der Waals surface area contributed by atoms with Gasteiger partial charge in [0.15, 0.2) is 0 Å². The Labute approximate surface area is 125 Å². The second kappa shape index (κ2) is 6.10. The third kappa shape index (κ3) is 3.14. The first-order valence-electron chi connectivity index (χ1n) is 7.45. The number of hydrogen-bond donors (Lipinski definition) is 1. The average Bonchev–Trinajstić information content (AvgIpc) is 2.97. The molecule has 0 spiro atoms. The fraction of sp³-hybridized carbons (Fsp3) is 0.278. The Balaban J connectivity index is 1.66. The Kier molecular flexibility index (Phi) is 4.02. The van der Waals surface area contributed by atoms with Crippen molar-refractivity contribution < 1.29 is 0 Å². The molecule has 21 heavy (non-hydrogen) atoms. The minimum absolute atomic E-state index is 0.414. The van der Waals surface area contributed by atoms with E-state index in [1.54, 1.807) is 0 Å². The molecule has 0 unspecified atom stereocenters. The smallest absolute Gasteiger partial charge is 0.0762 e. The normalized spacial score (nSPS) is 11.4. The van der Waals surface area contributed by atoms with Gasteiger partial charge in [-0.1, -0.05) is 42.5 Å². The van der Waals surface area contributed by atoms with Crippen molar-refractivity contribution in [1.82, 2.24) is 15.1 Å². The lowest BCUT2D eigenvalue weighted by Gasteiger charge is -2.08. The van der Waals surface area contributed by atoms with Crippen LogP contribution in [0.1, 0.15) is 31.1 Å². The zero-order valence-electron chi connectivity index (χ0n) is 12.6. The van der Waals surface area contributed by atoms with E-state index in [4.69, 9.17) is 0 Å². The van der Waals surface area contributed by atoms with Gasteiger partial charge in [0.05, 0.1) is 5.69 Å². The van der Waals surface area contributed by atoms with Gasteiger partial charge in [-0.2, -0.15) is 5.10 Å². The largest absolute Gasteiger partial charge is 0.307 e. The Morgan fingerprint density at radius 1 is 1.00 bits per heavy atom. The second-order valence-corrected chi connectivity index (χ2v) is 5.62. The van der Waals surface area contributed by atoms with Crippen molar-refractivity contribution in [2.75, 3.05) is 0 Å². The molecule has 0 bridgehead atoms. The Morgan fingerprint density at radius 2 is 1.81 bits per heavy atom. The molecule has 0 aliphatic carbocycles. The lowest BCUT2D eigenvalue weighted by molar-refractivity contribution is 0.521. The van der Waals surface area contributed by atoms with Crippen molar-refractivity contribution in [3.63, 3.8) is 0 Å². The van der Waals surface area contributed by atoms with Crippen LogP contribution in [0.3, 0.4) is 0 Å². The van der Waals surface area contributed by atoms with Gasteiger partial charge in [-0.05, 0) is 36.2 Å². The van der Waals surface area contributed by atoms with Crippen LogP contribution >= 0.6 is 0 Å². The number of aromatic nitrogens is 2. The lowest BCUT2D eigenvalue weighted by Crippen LogP contribution is -2.14. The van der Waals surface area contributed by atoms with E-state index in [9.17, 15) is 0 Å². The number of fused-ring (bicyclic) bond motifs is 1. The maximum absolute atomic E-state index is 4.56. The zero-order valence-corrected chi connectivity index (χ0v) is 12.6. The predicted molar refractivity (Wildman–Crippen MR) is 87.1 cm³/mol. The third-order valence-electron chi connectivity index (χ3n) is 3.69. The first-order chi connectivity index (χ1) is 10.2. The molecule has 0 aliphatic rings. The summed E-state index contributed by atoms with van der Waals surface area (Å²) in [6, 6.07) is 17.5. The topological polar surface area (TPSA) is 29.9 Å². The van der Waals surface area contributed by atoms with Gasteiger partial charge in [-0.25, -0.2) is 0 Å². The number of rotatable bonds is 5. The van der Waals surface area contributed by atoms with Gasteiger partial charge in [-0.3, -0.25) is 4.68 Å². The zero-order chi connectivity index (χ0) is 14.7. The highest BCUT2D eigenvalue weighted by molar-refractivity contribution is 5.85. The van der Waals surface area contributed by atoms with Crippen molar-refractivity contribution in [3.8, 4) is 0 Å². The predicted octanol–water partition coefficient (Wildman–Crippen LogP) is 3.91. The summed E-state index contributed by atoms with van der Waals surface area (Å²) < 4.78 is 1.99. The lowest BCUT2D eigenvalue weighted by atomic mass is 10.0. The van der Waals surface area contributed by atoms with Crippen LogP contribution in [-0.2, 0) is 13.1 Å². The first kappa shape index (κ1) is 13.8. The molecule has 108 valence electrons. The van der Waals surface area contributed by atoms with Crippen molar-refractivity contribution in [1.29, 1.82) is 0 Å². The molecule has 1 N–H and O–H groups in total. The molecule has 0 radical (unpaired) electrons. The molecule has 2 aromatic carbocycles. The van der Waals surface area contributed by atoms with Crippen LogP contribution in [0.4, 0.5) is 0 Å². The van der Waals surface area contributed by atoms with Crippen molar-refractivity contribution in [2.24, 2.45) is 0 Å². The van der Waals surface area contributed by atoms with Gasteiger partial charge in [0, 0.05) is 25.3 Å². The molecule has 0 saturated carbocycles. The number of nitrogens with zero attached hydrogens (tertiary/aromatic N) is 2. The molecular formula is C18H21N3. The van der Waals surface area contributed by atoms with Crippen LogP contribution in [0.25, 0.3) is 10.8 Å². The van der Waals surface area contributed by atoms with E-state index >= 15 is 0 Å². The van der Waals surface area contributed by atoms with E-state index in [-0.39, 0.29) is 0 Å². The van der Waals surface area contributed by atoms with Crippen LogP contribution in [0, 0.1) is 0 Å².